The van der Waals surface area contributed by atoms with Gasteiger partial charge in [0.25, 0.3) is 0 Å². The molecule has 0 saturated carbocycles. The van der Waals surface area contributed by atoms with E-state index < -0.39 is 0 Å². The zero-order chi connectivity index (χ0) is 17.1. The summed E-state index contributed by atoms with van der Waals surface area (Å²) in [7, 11) is 0. The van der Waals surface area contributed by atoms with Crippen molar-refractivity contribution in [2.45, 2.75) is 39.4 Å². The van der Waals surface area contributed by atoms with Crippen LogP contribution in [0.1, 0.15) is 36.8 Å². The van der Waals surface area contributed by atoms with E-state index in [0.717, 1.165) is 23.4 Å². The van der Waals surface area contributed by atoms with Crippen LogP contribution in [0.5, 0.6) is 0 Å². The fourth-order valence-corrected chi connectivity index (χ4v) is 2.69. The highest BCUT2D eigenvalue weighted by molar-refractivity contribution is 5.99. The number of benzene rings is 1. The standard InChI is InChI=1S/C16H20N6O2/c1-3-22-9-18-21-14(22)8-17-16(24)19-10(2)11-4-5-13-12(6-11)7-15(23)20-13/h4-6,9-10H,3,7-8H2,1-2H3,(H,20,23)(H2,17,19,24). The highest BCUT2D eigenvalue weighted by Crippen LogP contribution is 2.26. The van der Waals surface area contributed by atoms with Crippen LogP contribution < -0.4 is 16.0 Å². The minimum Gasteiger partial charge on any atom is -0.332 e. The molecule has 126 valence electrons. The summed E-state index contributed by atoms with van der Waals surface area (Å²) < 4.78 is 1.87. The Morgan fingerprint density at radius 1 is 1.46 bits per heavy atom. The third-order valence-corrected chi connectivity index (χ3v) is 4.05. The van der Waals surface area contributed by atoms with E-state index in [1.165, 1.54) is 0 Å². The molecule has 2 heterocycles. The van der Waals surface area contributed by atoms with Crippen LogP contribution in [0.15, 0.2) is 24.5 Å². The van der Waals surface area contributed by atoms with E-state index in [1.807, 2.05) is 36.6 Å². The average Bonchev–Trinajstić information content (AvgIpc) is 3.16. The normalized spacial score (nSPS) is 14.0. The molecule has 3 rings (SSSR count). The van der Waals surface area contributed by atoms with Crippen molar-refractivity contribution in [3.8, 4) is 0 Å². The van der Waals surface area contributed by atoms with Crippen molar-refractivity contribution in [1.29, 1.82) is 0 Å². The number of amides is 3. The number of hydrogen-bond donors (Lipinski definition) is 3. The monoisotopic (exact) mass is 328 g/mol. The fourth-order valence-electron chi connectivity index (χ4n) is 2.69. The molecule has 0 aliphatic carbocycles. The van der Waals surface area contributed by atoms with Crippen LogP contribution in [0.25, 0.3) is 0 Å². The van der Waals surface area contributed by atoms with Crippen LogP contribution in [0.3, 0.4) is 0 Å². The Hall–Kier alpha value is -2.90. The molecule has 1 atom stereocenters. The predicted octanol–water partition coefficient (Wildman–Crippen LogP) is 1.35. The largest absolute Gasteiger partial charge is 0.332 e. The van der Waals surface area contributed by atoms with Crippen molar-refractivity contribution >= 4 is 17.6 Å². The maximum atomic E-state index is 12.1. The van der Waals surface area contributed by atoms with E-state index >= 15 is 0 Å². The number of nitrogens with one attached hydrogen (secondary N) is 3. The first-order chi connectivity index (χ1) is 11.6. The lowest BCUT2D eigenvalue weighted by molar-refractivity contribution is -0.115. The van der Waals surface area contributed by atoms with Gasteiger partial charge >= 0.3 is 6.03 Å². The van der Waals surface area contributed by atoms with E-state index in [2.05, 4.69) is 26.1 Å². The van der Waals surface area contributed by atoms with Gasteiger partial charge in [-0.1, -0.05) is 12.1 Å². The maximum Gasteiger partial charge on any atom is 0.315 e. The van der Waals surface area contributed by atoms with Crippen LogP contribution in [0.4, 0.5) is 10.5 Å². The van der Waals surface area contributed by atoms with Gasteiger partial charge in [0.2, 0.25) is 5.91 Å². The summed E-state index contributed by atoms with van der Waals surface area (Å²) in [6.45, 7) is 4.96. The second-order valence-electron chi connectivity index (χ2n) is 5.72. The number of aryl methyl sites for hydroxylation is 1. The quantitative estimate of drug-likeness (QED) is 0.771. The van der Waals surface area contributed by atoms with Gasteiger partial charge in [0.15, 0.2) is 5.82 Å². The molecule has 0 bridgehead atoms. The third kappa shape index (κ3) is 3.37. The number of carbonyl (C=O) groups excluding carboxylic acids is 2. The lowest BCUT2D eigenvalue weighted by Crippen LogP contribution is -2.37. The van der Waals surface area contributed by atoms with E-state index in [4.69, 9.17) is 0 Å². The molecule has 3 N–H and O–H groups in total. The maximum absolute atomic E-state index is 12.1. The van der Waals surface area contributed by atoms with Crippen molar-refractivity contribution in [3.05, 3.63) is 41.5 Å². The van der Waals surface area contributed by atoms with Gasteiger partial charge in [0.05, 0.1) is 19.0 Å². The summed E-state index contributed by atoms with van der Waals surface area (Å²) in [6, 6.07) is 5.28. The number of carbonyl (C=O) groups is 2. The topological polar surface area (TPSA) is 101 Å². The van der Waals surface area contributed by atoms with E-state index in [-0.39, 0.29) is 18.0 Å². The Bertz CT molecular complexity index is 770. The first-order valence-corrected chi connectivity index (χ1v) is 7.90. The van der Waals surface area contributed by atoms with Gasteiger partial charge in [-0.05, 0) is 31.0 Å². The average molecular weight is 328 g/mol. The highest BCUT2D eigenvalue weighted by atomic mass is 16.2. The molecule has 0 spiro atoms. The third-order valence-electron chi connectivity index (χ3n) is 4.05. The fraction of sp³-hybridized carbons (Fsp3) is 0.375. The first kappa shape index (κ1) is 16.0. The van der Waals surface area contributed by atoms with E-state index in [0.29, 0.717) is 18.8 Å². The minimum absolute atomic E-state index is 0.000501. The Balaban J connectivity index is 1.56. The first-order valence-electron chi connectivity index (χ1n) is 7.90. The van der Waals surface area contributed by atoms with Crippen LogP contribution in [0, 0.1) is 0 Å². The number of aromatic nitrogens is 3. The molecule has 8 heteroatoms. The van der Waals surface area contributed by atoms with Crippen molar-refractivity contribution in [1.82, 2.24) is 25.4 Å². The molecular formula is C16H20N6O2. The second-order valence-corrected chi connectivity index (χ2v) is 5.72. The Labute approximate surface area is 139 Å². The molecule has 2 aromatic rings. The molecule has 0 fully saturated rings. The Morgan fingerprint density at radius 2 is 2.29 bits per heavy atom. The van der Waals surface area contributed by atoms with Gasteiger partial charge in [0, 0.05) is 12.2 Å². The molecule has 1 aliphatic rings. The number of rotatable bonds is 5. The number of anilines is 1. The Kier molecular flexibility index (Phi) is 4.45. The number of fused-ring (bicyclic) bond motifs is 1. The molecule has 24 heavy (non-hydrogen) atoms. The summed E-state index contributed by atoms with van der Waals surface area (Å²) >= 11 is 0. The number of nitrogens with zero attached hydrogens (tertiary/aromatic N) is 3. The molecule has 8 nitrogen and oxygen atoms in total. The Morgan fingerprint density at radius 3 is 3.08 bits per heavy atom. The summed E-state index contributed by atoms with van der Waals surface area (Å²) in [5.74, 6) is 0.711. The van der Waals surface area contributed by atoms with Gasteiger partial charge in [-0.25, -0.2) is 4.79 Å². The molecule has 1 aromatic heterocycles. The van der Waals surface area contributed by atoms with Gasteiger partial charge in [-0.3, -0.25) is 4.79 Å². The van der Waals surface area contributed by atoms with Gasteiger partial charge < -0.3 is 20.5 Å². The van der Waals surface area contributed by atoms with Crippen LogP contribution in [-0.2, 0) is 24.3 Å². The molecular weight excluding hydrogens is 308 g/mol. The molecule has 0 radical (unpaired) electrons. The van der Waals surface area contributed by atoms with Crippen LogP contribution in [0.2, 0.25) is 0 Å². The summed E-state index contributed by atoms with van der Waals surface area (Å²) in [4.78, 5) is 23.5. The van der Waals surface area contributed by atoms with Crippen LogP contribution >= 0.6 is 0 Å². The van der Waals surface area contributed by atoms with E-state index in [9.17, 15) is 9.59 Å². The number of urea groups is 1. The molecule has 1 aliphatic heterocycles. The second kappa shape index (κ2) is 6.69. The SMILES string of the molecule is CCn1cnnc1CNC(=O)NC(C)c1ccc2c(c1)CC(=O)N2. The van der Waals surface area contributed by atoms with Gasteiger partial charge in [-0.2, -0.15) is 0 Å². The lowest BCUT2D eigenvalue weighted by atomic mass is 10.0. The van der Waals surface area contributed by atoms with Gasteiger partial charge in [0.1, 0.15) is 6.33 Å². The summed E-state index contributed by atoms with van der Waals surface area (Å²) in [6.07, 6.45) is 2.02. The molecule has 1 unspecified atom stereocenters. The van der Waals surface area contributed by atoms with Crippen LogP contribution in [-0.4, -0.2) is 26.7 Å². The van der Waals surface area contributed by atoms with Crippen molar-refractivity contribution in [2.75, 3.05) is 5.32 Å². The number of hydrogen-bond acceptors (Lipinski definition) is 4. The molecule has 3 amide bonds. The van der Waals surface area contributed by atoms with Crippen molar-refractivity contribution in [3.63, 3.8) is 0 Å². The smallest absolute Gasteiger partial charge is 0.315 e. The predicted molar refractivity (Wildman–Crippen MR) is 88.3 cm³/mol. The van der Waals surface area contributed by atoms with Crippen molar-refractivity contribution < 1.29 is 9.59 Å². The zero-order valence-electron chi connectivity index (χ0n) is 13.7. The summed E-state index contributed by atoms with van der Waals surface area (Å²) in [5, 5.41) is 16.3. The lowest BCUT2D eigenvalue weighted by Gasteiger charge is -2.16. The minimum atomic E-state index is -0.275. The summed E-state index contributed by atoms with van der Waals surface area (Å²) in [5.41, 5.74) is 2.76. The molecule has 1 aromatic carbocycles. The molecule has 0 saturated heterocycles. The highest BCUT2D eigenvalue weighted by Gasteiger charge is 2.19. The van der Waals surface area contributed by atoms with Gasteiger partial charge in [-0.15, -0.1) is 10.2 Å². The zero-order valence-corrected chi connectivity index (χ0v) is 13.7. The van der Waals surface area contributed by atoms with E-state index in [1.54, 1.807) is 6.33 Å². The van der Waals surface area contributed by atoms with Crippen molar-refractivity contribution in [2.24, 2.45) is 0 Å².